The molecule has 2 aromatic heterocycles. The molecule has 0 unspecified atom stereocenters. The Morgan fingerprint density at radius 2 is 1.91 bits per heavy atom. The van der Waals surface area contributed by atoms with Gasteiger partial charge in [-0.05, 0) is 74.8 Å². The average Bonchev–Trinajstić information content (AvgIpc) is 3.55. The lowest BCUT2D eigenvalue weighted by Gasteiger charge is -2.30. The molecule has 0 aliphatic heterocycles. The van der Waals surface area contributed by atoms with E-state index in [0.717, 1.165) is 49.9 Å². The van der Waals surface area contributed by atoms with Crippen LogP contribution in [0.1, 0.15) is 62.1 Å². The van der Waals surface area contributed by atoms with E-state index in [9.17, 15) is 31.2 Å². The predicted octanol–water partition coefficient (Wildman–Crippen LogP) is 5.55. The van der Waals surface area contributed by atoms with Gasteiger partial charge < -0.3 is 4.57 Å². The van der Waals surface area contributed by atoms with Gasteiger partial charge in [0.1, 0.15) is 22.8 Å². The molecule has 0 saturated heterocycles. The minimum absolute atomic E-state index is 0.0895. The number of alkyl halides is 3. The Kier molecular flexibility index (Phi) is 5.64. The molecular weight excluding hydrogens is 484 g/mol. The van der Waals surface area contributed by atoms with E-state index in [0.29, 0.717) is 29.3 Å². The quantitative estimate of drug-likeness (QED) is 0.445. The number of halogens is 4. The highest BCUT2D eigenvalue weighted by Gasteiger charge is 2.39. The number of nitrogens with one attached hydrogen (secondary N) is 1. The van der Waals surface area contributed by atoms with Gasteiger partial charge in [0, 0.05) is 17.6 Å². The predicted molar refractivity (Wildman–Crippen MR) is 121 cm³/mol. The van der Waals surface area contributed by atoms with E-state index in [1.807, 2.05) is 10.6 Å². The van der Waals surface area contributed by atoms with Crippen LogP contribution in [0.25, 0.3) is 22.3 Å². The maximum atomic E-state index is 14.9. The van der Waals surface area contributed by atoms with Crippen molar-refractivity contribution in [3.8, 4) is 17.5 Å². The SMILES string of the molecule is C[C@@H](NS(=O)(=O)c1ccc(-c2c(C#N)c3cc(F)c(C4CC4)cc3n2C2CCC2)nc1)C(F)(F)F. The Bertz CT molecular complexity index is 1450. The molecule has 11 heteroatoms. The fourth-order valence-corrected chi connectivity index (χ4v) is 5.66. The van der Waals surface area contributed by atoms with Crippen LogP contribution in [0.4, 0.5) is 17.6 Å². The number of rotatable bonds is 6. The monoisotopic (exact) mass is 506 g/mol. The van der Waals surface area contributed by atoms with E-state index in [-0.39, 0.29) is 23.3 Å². The third kappa shape index (κ3) is 4.19. The first-order chi connectivity index (χ1) is 16.5. The molecule has 184 valence electrons. The van der Waals surface area contributed by atoms with Crippen LogP contribution in [0.15, 0.2) is 35.4 Å². The topological polar surface area (TPSA) is 87.8 Å². The molecule has 0 radical (unpaired) electrons. The van der Waals surface area contributed by atoms with Gasteiger partial charge in [0.2, 0.25) is 10.0 Å². The van der Waals surface area contributed by atoms with Gasteiger partial charge in [-0.1, -0.05) is 0 Å². The number of pyridine rings is 1. The highest BCUT2D eigenvalue weighted by molar-refractivity contribution is 7.89. The number of nitriles is 1. The highest BCUT2D eigenvalue weighted by atomic mass is 32.2. The van der Waals surface area contributed by atoms with E-state index in [1.165, 1.54) is 12.1 Å². The average molecular weight is 507 g/mol. The summed E-state index contributed by atoms with van der Waals surface area (Å²) >= 11 is 0. The molecule has 2 fully saturated rings. The molecule has 0 spiro atoms. The number of aromatic nitrogens is 2. The summed E-state index contributed by atoms with van der Waals surface area (Å²) in [7, 11) is -4.47. The van der Waals surface area contributed by atoms with E-state index in [4.69, 9.17) is 0 Å². The van der Waals surface area contributed by atoms with Crippen LogP contribution in [0.5, 0.6) is 0 Å². The van der Waals surface area contributed by atoms with E-state index < -0.39 is 27.1 Å². The van der Waals surface area contributed by atoms with Gasteiger partial charge in [0.05, 0.1) is 22.5 Å². The summed E-state index contributed by atoms with van der Waals surface area (Å²) in [5.41, 5.74) is 2.36. The zero-order chi connectivity index (χ0) is 25.1. The van der Waals surface area contributed by atoms with Crippen molar-refractivity contribution in [1.29, 1.82) is 5.26 Å². The fourth-order valence-electron chi connectivity index (χ4n) is 4.49. The summed E-state index contributed by atoms with van der Waals surface area (Å²) < 4.78 is 81.8. The summed E-state index contributed by atoms with van der Waals surface area (Å²) in [6.45, 7) is 0.713. The van der Waals surface area contributed by atoms with Crippen molar-refractivity contribution in [3.05, 3.63) is 47.4 Å². The highest BCUT2D eigenvalue weighted by Crippen LogP contribution is 2.46. The van der Waals surface area contributed by atoms with Gasteiger partial charge in [0.15, 0.2) is 0 Å². The largest absolute Gasteiger partial charge is 0.404 e. The van der Waals surface area contributed by atoms with E-state index in [2.05, 4.69) is 11.1 Å². The van der Waals surface area contributed by atoms with Gasteiger partial charge in [-0.3, -0.25) is 4.98 Å². The number of hydrogen-bond donors (Lipinski definition) is 1. The minimum atomic E-state index is -4.74. The second-order valence-corrected chi connectivity index (χ2v) is 10.9. The first-order valence-electron chi connectivity index (χ1n) is 11.3. The van der Waals surface area contributed by atoms with E-state index in [1.54, 1.807) is 4.72 Å². The van der Waals surface area contributed by atoms with Crippen molar-refractivity contribution in [2.75, 3.05) is 0 Å². The van der Waals surface area contributed by atoms with Gasteiger partial charge in [-0.25, -0.2) is 12.8 Å². The molecule has 3 aromatic rings. The number of hydrogen-bond acceptors (Lipinski definition) is 4. The van der Waals surface area contributed by atoms with Crippen LogP contribution in [-0.4, -0.2) is 30.2 Å². The summed E-state index contributed by atoms with van der Waals surface area (Å²) in [6.07, 6.45) is 0.844. The molecule has 2 aliphatic rings. The molecule has 1 aromatic carbocycles. The molecule has 2 heterocycles. The summed E-state index contributed by atoms with van der Waals surface area (Å²) in [4.78, 5) is 3.79. The van der Waals surface area contributed by atoms with Gasteiger partial charge in [-0.15, -0.1) is 0 Å². The van der Waals surface area contributed by atoms with E-state index >= 15 is 0 Å². The van der Waals surface area contributed by atoms with Gasteiger partial charge >= 0.3 is 6.18 Å². The zero-order valence-electron chi connectivity index (χ0n) is 18.7. The minimum Gasteiger partial charge on any atom is -0.335 e. The second kappa shape index (κ2) is 8.31. The Balaban J connectivity index is 1.61. The van der Waals surface area contributed by atoms with Crippen LogP contribution in [0.2, 0.25) is 0 Å². The number of sulfonamides is 1. The molecular formula is C24H22F4N4O2S. The molecule has 1 N–H and O–H groups in total. The van der Waals surface area contributed by atoms with Crippen LogP contribution < -0.4 is 4.72 Å². The maximum absolute atomic E-state index is 14.9. The molecule has 6 nitrogen and oxygen atoms in total. The standard InChI is InChI=1S/C24H22F4N4O2S/c1-13(24(26,27)28)31-35(33,34)16-7-8-21(30-12-16)23-19(11-29)18-9-20(25)17(14-5-6-14)10-22(18)32(23)15-3-2-4-15/h7-10,12-15,31H,2-6H2,1H3/t13-/m1/s1. The summed E-state index contributed by atoms with van der Waals surface area (Å²) in [5.74, 6) is -0.180. The van der Waals surface area contributed by atoms with Crippen molar-refractivity contribution >= 4 is 20.9 Å². The normalized spacial score (nSPS) is 17.8. The lowest BCUT2D eigenvalue weighted by atomic mass is 9.92. The molecule has 2 aliphatic carbocycles. The van der Waals surface area contributed by atoms with Gasteiger partial charge in [-0.2, -0.15) is 23.2 Å². The van der Waals surface area contributed by atoms with Crippen molar-refractivity contribution in [3.63, 3.8) is 0 Å². The number of benzene rings is 1. The molecule has 35 heavy (non-hydrogen) atoms. The zero-order valence-corrected chi connectivity index (χ0v) is 19.5. The summed E-state index contributed by atoms with van der Waals surface area (Å²) in [6, 6.07) is 5.71. The second-order valence-electron chi connectivity index (χ2n) is 9.22. The third-order valence-electron chi connectivity index (χ3n) is 6.80. The molecule has 0 amide bonds. The van der Waals surface area contributed by atoms with Crippen molar-refractivity contribution in [2.24, 2.45) is 0 Å². The summed E-state index contributed by atoms with van der Waals surface area (Å²) in [5, 5.41) is 10.4. The first-order valence-corrected chi connectivity index (χ1v) is 12.8. The number of fused-ring (bicyclic) bond motifs is 1. The van der Waals surface area contributed by atoms with Crippen LogP contribution in [-0.2, 0) is 10.0 Å². The lowest BCUT2D eigenvalue weighted by molar-refractivity contribution is -0.147. The first kappa shape index (κ1) is 23.8. The Morgan fingerprint density at radius 1 is 1.20 bits per heavy atom. The van der Waals surface area contributed by atoms with Crippen LogP contribution >= 0.6 is 0 Å². The maximum Gasteiger partial charge on any atom is 0.404 e. The fraction of sp³-hybridized carbons (Fsp3) is 0.417. The van der Waals surface area contributed by atoms with Gasteiger partial charge in [0.25, 0.3) is 0 Å². The molecule has 0 bridgehead atoms. The molecule has 1 atom stereocenters. The molecule has 2 saturated carbocycles. The Labute approximate surface area is 199 Å². The Hall–Kier alpha value is -2.97. The van der Waals surface area contributed by atoms with Crippen molar-refractivity contribution in [2.45, 2.75) is 68.1 Å². The Morgan fingerprint density at radius 3 is 2.43 bits per heavy atom. The third-order valence-corrected chi connectivity index (χ3v) is 8.33. The lowest BCUT2D eigenvalue weighted by Crippen LogP contribution is -2.42. The smallest absolute Gasteiger partial charge is 0.335 e. The van der Waals surface area contributed by atoms with Crippen LogP contribution in [0.3, 0.4) is 0 Å². The number of nitrogens with zero attached hydrogens (tertiary/aromatic N) is 3. The van der Waals surface area contributed by atoms with Crippen molar-refractivity contribution < 1.29 is 26.0 Å². The van der Waals surface area contributed by atoms with Crippen LogP contribution in [0, 0.1) is 17.1 Å². The molecule has 5 rings (SSSR count). The van der Waals surface area contributed by atoms with Crippen molar-refractivity contribution in [1.82, 2.24) is 14.3 Å².